The van der Waals surface area contributed by atoms with Gasteiger partial charge in [-0.3, -0.25) is 9.59 Å². The van der Waals surface area contributed by atoms with Crippen LogP contribution in [-0.4, -0.2) is 29.2 Å². The second-order valence-corrected chi connectivity index (χ2v) is 9.54. The Morgan fingerprint density at radius 3 is 1.84 bits per heavy atom. The van der Waals surface area contributed by atoms with Gasteiger partial charge in [0.2, 0.25) is 9.92 Å². The summed E-state index contributed by atoms with van der Waals surface area (Å²) in [6, 6.07) is 10.5. The highest BCUT2D eigenvalue weighted by Gasteiger charge is 2.25. The lowest BCUT2D eigenvalue weighted by molar-refractivity contribution is 0.723. The van der Waals surface area contributed by atoms with Crippen LogP contribution in [-0.2, 0) is 6.42 Å². The van der Waals surface area contributed by atoms with Gasteiger partial charge in [-0.15, -0.1) is 0 Å². The summed E-state index contributed by atoms with van der Waals surface area (Å²) in [6.07, 6.45) is 0.568. The van der Waals surface area contributed by atoms with Crippen molar-refractivity contribution in [1.82, 2.24) is 29.2 Å². The number of aryl methyl sites for hydroxylation is 2. The van der Waals surface area contributed by atoms with Crippen molar-refractivity contribution in [2.75, 3.05) is 0 Å². The molecule has 8 nitrogen and oxygen atoms in total. The van der Waals surface area contributed by atoms with Crippen LogP contribution < -0.4 is 11.1 Å². The molecule has 0 atom stereocenters. The second kappa shape index (κ2) is 7.63. The number of hydrogen-bond acceptors (Lipinski definition) is 8. The molecule has 5 aromatic rings. The van der Waals surface area contributed by atoms with Gasteiger partial charge in [0.1, 0.15) is 10.0 Å². The summed E-state index contributed by atoms with van der Waals surface area (Å²) >= 11 is 8.72. The van der Waals surface area contributed by atoms with Gasteiger partial charge in [-0.05, 0) is 38.0 Å². The summed E-state index contributed by atoms with van der Waals surface area (Å²) in [4.78, 5) is 34.7. The molecular formula is C20H15ClN6O2S2. The Morgan fingerprint density at radius 2 is 1.35 bits per heavy atom. The number of rotatable bonds is 4. The van der Waals surface area contributed by atoms with E-state index in [4.69, 9.17) is 11.6 Å². The fourth-order valence-electron chi connectivity index (χ4n) is 3.29. The van der Waals surface area contributed by atoms with Gasteiger partial charge in [0.25, 0.3) is 11.1 Å². The van der Waals surface area contributed by atoms with Crippen LogP contribution in [0.1, 0.15) is 32.9 Å². The first kappa shape index (κ1) is 20.0. The molecule has 0 aliphatic carbocycles. The molecule has 0 aliphatic heterocycles. The zero-order valence-electron chi connectivity index (χ0n) is 16.4. The first-order chi connectivity index (χ1) is 14.9. The molecule has 31 heavy (non-hydrogen) atoms. The van der Waals surface area contributed by atoms with Gasteiger partial charge >= 0.3 is 0 Å². The Balaban J connectivity index is 1.69. The summed E-state index contributed by atoms with van der Waals surface area (Å²) < 4.78 is 2.62. The molecule has 5 rings (SSSR count). The summed E-state index contributed by atoms with van der Waals surface area (Å²) in [7, 11) is 0. The lowest BCUT2D eigenvalue weighted by Crippen LogP contribution is -2.16. The molecule has 0 N–H and O–H groups in total. The quantitative estimate of drug-likeness (QED) is 0.400. The van der Waals surface area contributed by atoms with Crippen molar-refractivity contribution in [2.45, 2.75) is 26.2 Å². The molecule has 0 fully saturated rings. The highest BCUT2D eigenvalue weighted by molar-refractivity contribution is 7.18. The minimum Gasteiger partial charge on any atom is -0.267 e. The molecule has 156 valence electrons. The van der Waals surface area contributed by atoms with Crippen molar-refractivity contribution in [3.05, 3.63) is 89.1 Å². The first-order valence-corrected chi connectivity index (χ1v) is 11.4. The minimum atomic E-state index is -0.279. The van der Waals surface area contributed by atoms with E-state index in [-0.39, 0.29) is 17.0 Å². The molecule has 0 spiro atoms. The lowest BCUT2D eigenvalue weighted by atomic mass is 10.0. The van der Waals surface area contributed by atoms with E-state index in [1.807, 2.05) is 24.3 Å². The largest absolute Gasteiger partial charge is 0.275 e. The van der Waals surface area contributed by atoms with Crippen LogP contribution in [0.2, 0.25) is 5.02 Å². The standard InChI is InChI=1S/C20H15ClN6O2S2/c1-10-7-15(28)26-19(22-10)30-17(24-26)14(9-12-3-5-13(21)6-4-12)18-25-27-16(29)8-11(2)23-20(27)31-18/h3-8,14H,9H2,1-2H3. The predicted octanol–water partition coefficient (Wildman–Crippen LogP) is 3.26. The average molecular weight is 471 g/mol. The van der Waals surface area contributed by atoms with E-state index in [1.165, 1.54) is 43.8 Å². The zero-order chi connectivity index (χ0) is 21.7. The van der Waals surface area contributed by atoms with Crippen molar-refractivity contribution in [3.8, 4) is 0 Å². The lowest BCUT2D eigenvalue weighted by Gasteiger charge is -2.10. The monoisotopic (exact) mass is 470 g/mol. The van der Waals surface area contributed by atoms with Crippen LogP contribution in [0.25, 0.3) is 9.92 Å². The van der Waals surface area contributed by atoms with E-state index < -0.39 is 0 Å². The van der Waals surface area contributed by atoms with E-state index in [9.17, 15) is 9.59 Å². The van der Waals surface area contributed by atoms with Crippen LogP contribution >= 0.6 is 34.3 Å². The molecule has 4 aromatic heterocycles. The fourth-order valence-corrected chi connectivity index (χ4v) is 5.60. The van der Waals surface area contributed by atoms with E-state index in [0.29, 0.717) is 42.8 Å². The maximum atomic E-state index is 12.4. The fraction of sp³-hybridized carbons (Fsp3) is 0.200. The summed E-state index contributed by atoms with van der Waals surface area (Å²) in [5.74, 6) is -0.279. The number of hydrogen-bond donors (Lipinski definition) is 0. The van der Waals surface area contributed by atoms with Crippen molar-refractivity contribution in [1.29, 1.82) is 0 Å². The van der Waals surface area contributed by atoms with Crippen LogP contribution in [0, 0.1) is 13.8 Å². The molecule has 0 bridgehead atoms. The molecule has 11 heteroatoms. The number of nitrogens with zero attached hydrogens (tertiary/aromatic N) is 6. The number of benzene rings is 1. The molecule has 0 amide bonds. The van der Waals surface area contributed by atoms with E-state index in [0.717, 1.165) is 5.56 Å². The number of aromatic nitrogens is 6. The van der Waals surface area contributed by atoms with E-state index in [2.05, 4.69) is 20.2 Å². The Bertz CT molecular complexity index is 1460. The van der Waals surface area contributed by atoms with E-state index >= 15 is 0 Å². The van der Waals surface area contributed by atoms with Gasteiger partial charge in [0.15, 0.2) is 0 Å². The maximum Gasteiger partial charge on any atom is 0.275 e. The van der Waals surface area contributed by atoms with Crippen LogP contribution in [0.15, 0.2) is 46.0 Å². The highest BCUT2D eigenvalue weighted by Crippen LogP contribution is 2.33. The zero-order valence-corrected chi connectivity index (χ0v) is 18.8. The van der Waals surface area contributed by atoms with E-state index in [1.54, 1.807) is 13.8 Å². The number of fused-ring (bicyclic) bond motifs is 2. The molecular weight excluding hydrogens is 456 g/mol. The van der Waals surface area contributed by atoms with Crippen molar-refractivity contribution in [3.63, 3.8) is 0 Å². The Morgan fingerprint density at radius 1 is 0.871 bits per heavy atom. The molecule has 0 aliphatic rings. The van der Waals surface area contributed by atoms with Crippen molar-refractivity contribution < 1.29 is 0 Å². The van der Waals surface area contributed by atoms with Gasteiger partial charge < -0.3 is 0 Å². The van der Waals surface area contributed by atoms with Gasteiger partial charge in [-0.1, -0.05) is 46.4 Å². The molecule has 0 saturated heterocycles. The highest BCUT2D eigenvalue weighted by atomic mass is 35.5. The SMILES string of the molecule is Cc1cc(=O)n2nc(C(Cc3ccc(Cl)cc3)c3nn4c(=O)cc(C)nc4s3)sc2n1. The molecule has 0 radical (unpaired) electrons. The van der Waals surface area contributed by atoms with Crippen molar-refractivity contribution in [2.24, 2.45) is 0 Å². The van der Waals surface area contributed by atoms with Crippen molar-refractivity contribution >= 4 is 44.2 Å². The summed E-state index contributed by atoms with van der Waals surface area (Å²) in [5.41, 5.74) is 1.85. The third-order valence-electron chi connectivity index (χ3n) is 4.73. The van der Waals surface area contributed by atoms with Crippen LogP contribution in [0.3, 0.4) is 0 Å². The minimum absolute atomic E-state index is 0.229. The molecule has 0 unspecified atom stereocenters. The van der Waals surface area contributed by atoms with Gasteiger partial charge in [-0.2, -0.15) is 19.2 Å². The van der Waals surface area contributed by atoms with Crippen LogP contribution in [0.4, 0.5) is 0 Å². The predicted molar refractivity (Wildman–Crippen MR) is 121 cm³/mol. The summed E-state index contributed by atoms with van der Waals surface area (Å²) in [6.45, 7) is 3.56. The Labute approximate surface area is 188 Å². The molecule has 4 heterocycles. The molecule has 1 aromatic carbocycles. The average Bonchev–Trinajstić information content (AvgIpc) is 3.32. The van der Waals surface area contributed by atoms with Gasteiger partial charge in [0, 0.05) is 28.5 Å². The Hall–Kier alpha value is -2.95. The second-order valence-electron chi connectivity index (χ2n) is 7.12. The van der Waals surface area contributed by atoms with Gasteiger partial charge in [0.05, 0.1) is 5.92 Å². The normalized spacial score (nSPS) is 11.7. The topological polar surface area (TPSA) is 94.5 Å². The Kier molecular flexibility index (Phi) is 4.92. The first-order valence-electron chi connectivity index (χ1n) is 9.37. The summed E-state index contributed by atoms with van der Waals surface area (Å²) in [5, 5.41) is 11.1. The third-order valence-corrected chi connectivity index (χ3v) is 7.02. The molecule has 0 saturated carbocycles. The maximum absolute atomic E-state index is 12.4. The number of halogens is 1. The van der Waals surface area contributed by atoms with Gasteiger partial charge in [-0.25, -0.2) is 9.97 Å². The van der Waals surface area contributed by atoms with Crippen LogP contribution in [0.5, 0.6) is 0 Å². The third kappa shape index (κ3) is 3.78. The smallest absolute Gasteiger partial charge is 0.267 e.